The zero-order chi connectivity index (χ0) is 11.7. The van der Waals surface area contributed by atoms with Crippen LogP contribution in [0.25, 0.3) is 11.3 Å². The van der Waals surface area contributed by atoms with Gasteiger partial charge in [0.15, 0.2) is 11.5 Å². The highest BCUT2D eigenvalue weighted by Gasteiger charge is 2.12. The van der Waals surface area contributed by atoms with E-state index in [2.05, 4.69) is 10.2 Å². The fourth-order valence-electron chi connectivity index (χ4n) is 1.70. The Labute approximate surface area is 98.2 Å². The number of nitrogens with zero attached hydrogens (tertiary/aromatic N) is 2. The third-order valence-electron chi connectivity index (χ3n) is 2.52. The van der Waals surface area contributed by atoms with Crippen LogP contribution in [0.2, 0.25) is 0 Å². The van der Waals surface area contributed by atoms with Gasteiger partial charge in [-0.2, -0.15) is 0 Å². The lowest BCUT2D eigenvalue weighted by Gasteiger charge is -2.18. The summed E-state index contributed by atoms with van der Waals surface area (Å²) >= 11 is 0. The van der Waals surface area contributed by atoms with E-state index in [1.165, 1.54) is 0 Å². The van der Waals surface area contributed by atoms with Crippen LogP contribution in [-0.2, 0) is 0 Å². The van der Waals surface area contributed by atoms with Crippen molar-refractivity contribution in [1.29, 1.82) is 0 Å². The molecule has 17 heavy (non-hydrogen) atoms. The molecule has 2 heterocycles. The summed E-state index contributed by atoms with van der Waals surface area (Å²) < 4.78 is 11.0. The number of rotatable bonds is 1. The van der Waals surface area contributed by atoms with Gasteiger partial charge in [0.2, 0.25) is 0 Å². The summed E-state index contributed by atoms with van der Waals surface area (Å²) in [6, 6.07) is 9.25. The van der Waals surface area contributed by atoms with Crippen molar-refractivity contribution in [2.24, 2.45) is 0 Å². The molecule has 86 valence electrons. The molecule has 0 spiro atoms. The topological polar surface area (TPSA) is 70.3 Å². The minimum absolute atomic E-state index is 0.409. The average Bonchev–Trinajstić information content (AvgIpc) is 2.39. The Hall–Kier alpha value is -2.30. The number of benzene rings is 1. The van der Waals surface area contributed by atoms with Crippen LogP contribution in [0.3, 0.4) is 0 Å². The molecular weight excluding hydrogens is 218 g/mol. The molecule has 0 fully saturated rings. The first-order chi connectivity index (χ1) is 8.33. The molecular formula is C12H11N3O2. The van der Waals surface area contributed by atoms with Crippen LogP contribution in [0.1, 0.15) is 0 Å². The molecule has 0 unspecified atom stereocenters. The van der Waals surface area contributed by atoms with E-state index < -0.39 is 0 Å². The third kappa shape index (κ3) is 1.87. The van der Waals surface area contributed by atoms with E-state index in [4.69, 9.17) is 15.2 Å². The molecule has 0 amide bonds. The second-order valence-corrected chi connectivity index (χ2v) is 3.70. The molecule has 1 aromatic carbocycles. The third-order valence-corrected chi connectivity index (χ3v) is 2.52. The number of ether oxygens (including phenoxy) is 2. The molecule has 0 atom stereocenters. The Morgan fingerprint density at radius 1 is 0.941 bits per heavy atom. The number of nitrogens with two attached hydrogens (primary N) is 1. The summed E-state index contributed by atoms with van der Waals surface area (Å²) in [4.78, 5) is 0. The zero-order valence-electron chi connectivity index (χ0n) is 9.09. The van der Waals surface area contributed by atoms with E-state index in [1.54, 1.807) is 6.07 Å². The molecule has 0 bridgehead atoms. The SMILES string of the molecule is Nc1ccc(-c2ccc3c(c2)OCCO3)nn1. The van der Waals surface area contributed by atoms with Crippen LogP contribution < -0.4 is 15.2 Å². The van der Waals surface area contributed by atoms with Crippen LogP contribution in [-0.4, -0.2) is 23.4 Å². The molecule has 0 aliphatic carbocycles. The normalized spacial score (nSPS) is 13.4. The smallest absolute Gasteiger partial charge is 0.162 e. The van der Waals surface area contributed by atoms with Gasteiger partial charge >= 0.3 is 0 Å². The molecule has 1 aromatic heterocycles. The van der Waals surface area contributed by atoms with Crippen LogP contribution in [0.4, 0.5) is 5.82 Å². The van der Waals surface area contributed by atoms with Gasteiger partial charge in [0.25, 0.3) is 0 Å². The summed E-state index contributed by atoms with van der Waals surface area (Å²) in [6.07, 6.45) is 0. The van der Waals surface area contributed by atoms with Gasteiger partial charge in [-0.15, -0.1) is 10.2 Å². The fourth-order valence-corrected chi connectivity index (χ4v) is 1.70. The minimum Gasteiger partial charge on any atom is -0.486 e. The molecule has 3 rings (SSSR count). The van der Waals surface area contributed by atoms with Crippen molar-refractivity contribution in [3.8, 4) is 22.8 Å². The van der Waals surface area contributed by atoms with Gasteiger partial charge in [-0.05, 0) is 30.3 Å². The van der Waals surface area contributed by atoms with Crippen molar-refractivity contribution in [1.82, 2.24) is 10.2 Å². The number of anilines is 1. The number of fused-ring (bicyclic) bond motifs is 1. The van der Waals surface area contributed by atoms with E-state index in [0.717, 1.165) is 22.8 Å². The predicted octanol–water partition coefficient (Wildman–Crippen LogP) is 1.50. The molecule has 0 saturated heterocycles. The summed E-state index contributed by atoms with van der Waals surface area (Å²) in [5, 5.41) is 7.85. The largest absolute Gasteiger partial charge is 0.486 e. The zero-order valence-corrected chi connectivity index (χ0v) is 9.09. The van der Waals surface area contributed by atoms with Crippen molar-refractivity contribution in [2.75, 3.05) is 18.9 Å². The van der Waals surface area contributed by atoms with Crippen LogP contribution in [0.15, 0.2) is 30.3 Å². The first kappa shape index (κ1) is 9.89. The second kappa shape index (κ2) is 3.93. The van der Waals surface area contributed by atoms with E-state index >= 15 is 0 Å². The Kier molecular flexibility index (Phi) is 2.29. The van der Waals surface area contributed by atoms with Gasteiger partial charge in [-0.3, -0.25) is 0 Å². The highest BCUT2D eigenvalue weighted by molar-refractivity contribution is 5.64. The Bertz CT molecular complexity index is 540. The molecule has 5 nitrogen and oxygen atoms in total. The van der Waals surface area contributed by atoms with Crippen molar-refractivity contribution >= 4 is 5.82 Å². The van der Waals surface area contributed by atoms with Crippen LogP contribution in [0.5, 0.6) is 11.5 Å². The Morgan fingerprint density at radius 3 is 2.53 bits per heavy atom. The molecule has 2 aromatic rings. The highest BCUT2D eigenvalue weighted by atomic mass is 16.6. The lowest BCUT2D eigenvalue weighted by Crippen LogP contribution is -2.15. The maximum atomic E-state index is 5.51. The fraction of sp³-hybridized carbons (Fsp3) is 0.167. The van der Waals surface area contributed by atoms with E-state index in [1.807, 2.05) is 24.3 Å². The van der Waals surface area contributed by atoms with E-state index in [0.29, 0.717) is 19.0 Å². The summed E-state index contributed by atoms with van der Waals surface area (Å²) in [6.45, 7) is 1.16. The second-order valence-electron chi connectivity index (χ2n) is 3.70. The maximum absolute atomic E-state index is 5.51. The van der Waals surface area contributed by atoms with Gasteiger partial charge in [0.05, 0.1) is 5.69 Å². The van der Waals surface area contributed by atoms with Crippen molar-refractivity contribution in [3.05, 3.63) is 30.3 Å². The molecule has 1 aliphatic rings. The van der Waals surface area contributed by atoms with Gasteiger partial charge in [-0.1, -0.05) is 0 Å². The van der Waals surface area contributed by atoms with Gasteiger partial charge in [0, 0.05) is 5.56 Å². The number of aromatic nitrogens is 2. The molecule has 1 aliphatic heterocycles. The lowest BCUT2D eigenvalue weighted by molar-refractivity contribution is 0.171. The Balaban J connectivity index is 2.01. The number of nitrogen functional groups attached to an aromatic ring is 1. The Morgan fingerprint density at radius 2 is 1.76 bits per heavy atom. The monoisotopic (exact) mass is 229 g/mol. The highest BCUT2D eigenvalue weighted by Crippen LogP contribution is 2.33. The van der Waals surface area contributed by atoms with Crippen molar-refractivity contribution < 1.29 is 9.47 Å². The van der Waals surface area contributed by atoms with E-state index in [9.17, 15) is 0 Å². The number of hydrogen-bond acceptors (Lipinski definition) is 5. The summed E-state index contributed by atoms with van der Waals surface area (Å²) in [7, 11) is 0. The van der Waals surface area contributed by atoms with Gasteiger partial charge < -0.3 is 15.2 Å². The van der Waals surface area contributed by atoms with Crippen LogP contribution >= 0.6 is 0 Å². The van der Waals surface area contributed by atoms with Gasteiger partial charge in [-0.25, -0.2) is 0 Å². The average molecular weight is 229 g/mol. The quantitative estimate of drug-likeness (QED) is 0.802. The predicted molar refractivity (Wildman–Crippen MR) is 62.9 cm³/mol. The van der Waals surface area contributed by atoms with E-state index in [-0.39, 0.29) is 0 Å². The minimum atomic E-state index is 0.409. The van der Waals surface area contributed by atoms with Crippen LogP contribution in [0, 0.1) is 0 Å². The summed E-state index contributed by atoms with van der Waals surface area (Å²) in [5.74, 6) is 1.92. The standard InChI is InChI=1S/C12H11N3O2/c13-12-4-2-9(14-15-12)8-1-3-10-11(7-8)17-6-5-16-10/h1-4,7H,5-6H2,(H2,13,15). The van der Waals surface area contributed by atoms with Gasteiger partial charge in [0.1, 0.15) is 19.0 Å². The first-order valence-electron chi connectivity index (χ1n) is 5.32. The molecule has 0 saturated carbocycles. The first-order valence-corrected chi connectivity index (χ1v) is 5.32. The lowest BCUT2D eigenvalue weighted by atomic mass is 10.1. The summed E-state index contributed by atoms with van der Waals surface area (Å²) in [5.41, 5.74) is 7.19. The van der Waals surface area contributed by atoms with Crippen molar-refractivity contribution in [3.63, 3.8) is 0 Å². The molecule has 2 N–H and O–H groups in total. The molecule has 0 radical (unpaired) electrons. The van der Waals surface area contributed by atoms with Crippen molar-refractivity contribution in [2.45, 2.75) is 0 Å². The maximum Gasteiger partial charge on any atom is 0.162 e. The molecule has 5 heteroatoms. The number of hydrogen-bond donors (Lipinski definition) is 1.